The Bertz CT molecular complexity index is 956. The summed E-state index contributed by atoms with van der Waals surface area (Å²) in [7, 11) is -2.54. The second-order valence-corrected chi connectivity index (χ2v) is 14.1. The van der Waals surface area contributed by atoms with Gasteiger partial charge in [-0.3, -0.25) is 0 Å². The van der Waals surface area contributed by atoms with Gasteiger partial charge in [0.1, 0.15) is 11.5 Å². The monoisotopic (exact) mass is 616 g/mol. The van der Waals surface area contributed by atoms with Crippen LogP contribution < -0.4 is 9.47 Å². The first-order valence-electron chi connectivity index (χ1n) is 16.6. The van der Waals surface area contributed by atoms with E-state index in [-0.39, 0.29) is 5.41 Å². The van der Waals surface area contributed by atoms with Crippen molar-refractivity contribution in [1.29, 1.82) is 0 Å². The Kier molecular flexibility index (Phi) is 16.7. The van der Waals surface area contributed by atoms with E-state index in [2.05, 4.69) is 55.5 Å². The fraction of sp³-hybridized carbons (Fsp3) is 0.657. The molecular weight excluding hydrogens is 560 g/mol. The number of hydrogen-bond acceptors (Lipinski definition) is 7. The van der Waals surface area contributed by atoms with E-state index in [1.807, 2.05) is 20.8 Å². The molecular formula is C35H56O7Si. The molecule has 0 aromatic heterocycles. The third kappa shape index (κ3) is 12.5. The molecule has 43 heavy (non-hydrogen) atoms. The van der Waals surface area contributed by atoms with Gasteiger partial charge >= 0.3 is 8.80 Å². The Hall–Kier alpha value is -1.94. The van der Waals surface area contributed by atoms with Gasteiger partial charge in [0.05, 0.1) is 31.8 Å². The summed E-state index contributed by atoms with van der Waals surface area (Å²) in [4.78, 5) is 0. The molecule has 0 aliphatic carbocycles. The standard InChI is InChI=1S/C35H56O7Si/c1-5-35(28-37-29-35)30-39-34-22-18-32(19-23-34)31-16-20-33(21-17-31)38-26-14-12-10-9-11-13-24-36-25-15-27-43(40-6-2,41-7-3)42-8-4/h16-23H,5-15,24-30H2,1-4H3. The molecule has 0 saturated carbocycles. The predicted molar refractivity (Wildman–Crippen MR) is 175 cm³/mol. The molecule has 0 atom stereocenters. The van der Waals surface area contributed by atoms with Crippen LogP contribution in [0.15, 0.2) is 48.5 Å². The van der Waals surface area contributed by atoms with Crippen LogP contribution in [0.1, 0.15) is 79.1 Å². The maximum absolute atomic E-state index is 6.04. The third-order valence-corrected chi connectivity index (χ3v) is 11.1. The maximum Gasteiger partial charge on any atom is 0.501 e. The van der Waals surface area contributed by atoms with Crippen molar-refractivity contribution >= 4 is 8.80 Å². The Morgan fingerprint density at radius 1 is 0.605 bits per heavy atom. The largest absolute Gasteiger partial charge is 0.501 e. The minimum absolute atomic E-state index is 0.194. The summed E-state index contributed by atoms with van der Waals surface area (Å²) in [5.74, 6) is 1.84. The van der Waals surface area contributed by atoms with Crippen LogP contribution in [-0.4, -0.2) is 68.3 Å². The van der Waals surface area contributed by atoms with Crippen molar-refractivity contribution in [3.05, 3.63) is 48.5 Å². The average Bonchev–Trinajstić information content (AvgIpc) is 3.00. The summed E-state index contributed by atoms with van der Waals surface area (Å²) in [5, 5.41) is 0. The van der Waals surface area contributed by atoms with Crippen LogP contribution in [-0.2, 0) is 22.8 Å². The topological polar surface area (TPSA) is 64.6 Å². The molecule has 8 heteroatoms. The maximum atomic E-state index is 6.04. The van der Waals surface area contributed by atoms with E-state index in [9.17, 15) is 0 Å². The van der Waals surface area contributed by atoms with Crippen molar-refractivity contribution in [2.75, 3.05) is 59.5 Å². The van der Waals surface area contributed by atoms with E-state index in [1.165, 1.54) is 36.8 Å². The number of rotatable bonds is 25. The van der Waals surface area contributed by atoms with Gasteiger partial charge in [0.25, 0.3) is 0 Å². The summed E-state index contributed by atoms with van der Waals surface area (Å²) in [6.45, 7) is 14.7. The van der Waals surface area contributed by atoms with Gasteiger partial charge in [-0.2, -0.15) is 0 Å². The number of ether oxygens (including phenoxy) is 4. The van der Waals surface area contributed by atoms with Gasteiger partial charge in [-0.25, -0.2) is 0 Å². The van der Waals surface area contributed by atoms with Gasteiger partial charge in [0, 0.05) is 39.1 Å². The Labute approximate surface area is 261 Å². The lowest BCUT2D eigenvalue weighted by atomic mass is 9.84. The highest BCUT2D eigenvalue weighted by molar-refractivity contribution is 6.60. The lowest BCUT2D eigenvalue weighted by molar-refractivity contribution is -0.133. The van der Waals surface area contributed by atoms with E-state index >= 15 is 0 Å². The van der Waals surface area contributed by atoms with Crippen LogP contribution in [0.2, 0.25) is 6.04 Å². The lowest BCUT2D eigenvalue weighted by Crippen LogP contribution is -2.46. The van der Waals surface area contributed by atoms with Crippen LogP contribution >= 0.6 is 0 Å². The van der Waals surface area contributed by atoms with Gasteiger partial charge in [-0.1, -0.05) is 56.9 Å². The number of benzene rings is 2. The minimum atomic E-state index is -2.54. The molecule has 1 fully saturated rings. The smallest absolute Gasteiger partial charge is 0.494 e. The summed E-state index contributed by atoms with van der Waals surface area (Å²) < 4.78 is 41.0. The van der Waals surface area contributed by atoms with E-state index in [4.69, 9.17) is 32.2 Å². The quantitative estimate of drug-likeness (QED) is 0.0821. The molecule has 0 radical (unpaired) electrons. The van der Waals surface area contributed by atoms with Crippen molar-refractivity contribution in [2.45, 2.75) is 85.1 Å². The fourth-order valence-electron chi connectivity index (χ4n) is 5.20. The summed E-state index contributed by atoms with van der Waals surface area (Å²) in [6, 6.07) is 17.5. The Morgan fingerprint density at radius 3 is 1.58 bits per heavy atom. The SMILES string of the molecule is CCO[Si](CCCOCCCCCCCCOc1ccc(-c2ccc(OCC3(CC)COC3)cc2)cc1)(OCC)OCC. The molecule has 1 aliphatic rings. The van der Waals surface area contributed by atoms with Crippen molar-refractivity contribution in [1.82, 2.24) is 0 Å². The summed E-state index contributed by atoms with van der Waals surface area (Å²) >= 11 is 0. The van der Waals surface area contributed by atoms with E-state index in [0.717, 1.165) is 76.3 Å². The third-order valence-electron chi connectivity index (χ3n) is 7.97. The van der Waals surface area contributed by atoms with Crippen molar-refractivity contribution < 1.29 is 32.2 Å². The Morgan fingerprint density at radius 2 is 1.09 bits per heavy atom. The predicted octanol–water partition coefficient (Wildman–Crippen LogP) is 8.33. The molecule has 0 amide bonds. The first-order valence-corrected chi connectivity index (χ1v) is 18.5. The lowest BCUT2D eigenvalue weighted by Gasteiger charge is -2.40. The van der Waals surface area contributed by atoms with E-state index < -0.39 is 8.80 Å². The zero-order valence-electron chi connectivity index (χ0n) is 27.2. The molecule has 2 aromatic carbocycles. The van der Waals surface area contributed by atoms with Crippen molar-refractivity contribution in [3.63, 3.8) is 0 Å². The Balaban J connectivity index is 1.19. The summed E-state index contributed by atoms with van der Waals surface area (Å²) in [5.41, 5.74) is 2.55. The molecule has 0 N–H and O–H groups in total. The van der Waals surface area contributed by atoms with E-state index in [0.29, 0.717) is 26.4 Å². The highest BCUT2D eigenvalue weighted by Gasteiger charge is 2.39. The molecule has 3 rings (SSSR count). The zero-order valence-corrected chi connectivity index (χ0v) is 28.2. The van der Waals surface area contributed by atoms with Gasteiger partial charge < -0.3 is 32.2 Å². The normalized spacial score (nSPS) is 14.4. The average molecular weight is 617 g/mol. The molecule has 2 aromatic rings. The van der Waals surface area contributed by atoms with Crippen LogP contribution in [0.5, 0.6) is 11.5 Å². The van der Waals surface area contributed by atoms with Crippen molar-refractivity contribution in [2.24, 2.45) is 5.41 Å². The van der Waals surface area contributed by atoms with Gasteiger partial charge in [0.15, 0.2) is 0 Å². The van der Waals surface area contributed by atoms with Gasteiger partial charge in [0.2, 0.25) is 0 Å². The molecule has 1 heterocycles. The molecule has 0 unspecified atom stereocenters. The minimum Gasteiger partial charge on any atom is -0.494 e. The van der Waals surface area contributed by atoms with E-state index in [1.54, 1.807) is 0 Å². The highest BCUT2D eigenvalue weighted by Crippen LogP contribution is 2.32. The van der Waals surface area contributed by atoms with Gasteiger partial charge in [-0.05, 0) is 81.8 Å². The van der Waals surface area contributed by atoms with Crippen LogP contribution in [0, 0.1) is 5.41 Å². The van der Waals surface area contributed by atoms with Crippen LogP contribution in [0.4, 0.5) is 0 Å². The molecule has 1 aliphatic heterocycles. The highest BCUT2D eigenvalue weighted by atomic mass is 28.4. The van der Waals surface area contributed by atoms with Crippen molar-refractivity contribution in [3.8, 4) is 22.6 Å². The molecule has 0 bridgehead atoms. The second kappa shape index (κ2) is 20.2. The molecule has 1 saturated heterocycles. The number of hydrogen-bond donors (Lipinski definition) is 0. The molecule has 242 valence electrons. The van der Waals surface area contributed by atoms with Gasteiger partial charge in [-0.15, -0.1) is 0 Å². The van der Waals surface area contributed by atoms with Crippen LogP contribution in [0.25, 0.3) is 11.1 Å². The first kappa shape index (κ1) is 35.5. The second-order valence-electron chi connectivity index (χ2n) is 11.4. The first-order chi connectivity index (χ1) is 21.1. The fourth-order valence-corrected chi connectivity index (χ4v) is 7.78. The summed E-state index contributed by atoms with van der Waals surface area (Å²) in [6.07, 6.45) is 9.06. The van der Waals surface area contributed by atoms with Crippen LogP contribution in [0.3, 0.4) is 0 Å². The zero-order chi connectivity index (χ0) is 30.6. The number of unbranched alkanes of at least 4 members (excludes halogenated alkanes) is 5. The molecule has 0 spiro atoms. The molecule has 7 nitrogen and oxygen atoms in total.